The molecule has 1 heterocycles. The topological polar surface area (TPSA) is 52.7 Å². The van der Waals surface area contributed by atoms with Gasteiger partial charge in [0.05, 0.1) is 6.54 Å². The van der Waals surface area contributed by atoms with Crippen molar-refractivity contribution in [2.75, 3.05) is 32.7 Å². The van der Waals surface area contributed by atoms with Gasteiger partial charge >= 0.3 is 0 Å². The summed E-state index contributed by atoms with van der Waals surface area (Å²) in [7, 11) is 0. The summed E-state index contributed by atoms with van der Waals surface area (Å²) >= 11 is 0. The van der Waals surface area contributed by atoms with Crippen LogP contribution in [0.5, 0.6) is 0 Å². The number of nitrogens with one attached hydrogen (secondary N) is 1. The summed E-state index contributed by atoms with van der Waals surface area (Å²) in [5.74, 6) is 0.173. The van der Waals surface area contributed by atoms with E-state index in [9.17, 15) is 14.0 Å². The summed E-state index contributed by atoms with van der Waals surface area (Å²) in [5.41, 5.74) is 2.12. The molecule has 1 N–H and O–H groups in total. The Kier molecular flexibility index (Phi) is 5.90. The molecule has 0 radical (unpaired) electrons. The Morgan fingerprint density at radius 2 is 1.66 bits per heavy atom. The van der Waals surface area contributed by atoms with E-state index in [1.807, 2.05) is 35.2 Å². The first kappa shape index (κ1) is 19.6. The van der Waals surface area contributed by atoms with Crippen LogP contribution in [0.4, 0.5) is 4.39 Å². The van der Waals surface area contributed by atoms with Crippen molar-refractivity contribution >= 4 is 11.8 Å². The van der Waals surface area contributed by atoms with Gasteiger partial charge in [-0.25, -0.2) is 4.39 Å². The van der Waals surface area contributed by atoms with Gasteiger partial charge in [0.2, 0.25) is 11.8 Å². The molecule has 1 saturated carbocycles. The van der Waals surface area contributed by atoms with Gasteiger partial charge in [-0.1, -0.05) is 42.5 Å². The second kappa shape index (κ2) is 8.74. The number of benzene rings is 2. The zero-order valence-corrected chi connectivity index (χ0v) is 16.4. The molecule has 1 aliphatic heterocycles. The van der Waals surface area contributed by atoms with E-state index in [0.29, 0.717) is 39.3 Å². The molecule has 6 heteroatoms. The number of hydrogen-bond donors (Lipinski definition) is 1. The van der Waals surface area contributed by atoms with Gasteiger partial charge in [-0.2, -0.15) is 0 Å². The van der Waals surface area contributed by atoms with Crippen LogP contribution in [-0.4, -0.2) is 54.3 Å². The Bertz CT molecular complexity index is 848. The average Bonchev–Trinajstić information content (AvgIpc) is 3.54. The van der Waals surface area contributed by atoms with Gasteiger partial charge < -0.3 is 10.2 Å². The summed E-state index contributed by atoms with van der Waals surface area (Å²) in [6, 6.07) is 16.3. The molecular formula is C23H26FN3O2. The van der Waals surface area contributed by atoms with Gasteiger partial charge in [0, 0.05) is 38.6 Å². The molecule has 2 amide bonds. The van der Waals surface area contributed by atoms with Crippen molar-refractivity contribution < 1.29 is 14.0 Å². The fraction of sp³-hybridized carbons (Fsp3) is 0.391. The number of carbonyl (C=O) groups excluding carboxylic acids is 2. The van der Waals surface area contributed by atoms with E-state index in [1.54, 1.807) is 12.1 Å². The summed E-state index contributed by atoms with van der Waals surface area (Å²) < 4.78 is 13.1. The van der Waals surface area contributed by atoms with Crippen LogP contribution < -0.4 is 5.32 Å². The second-order valence-corrected chi connectivity index (χ2v) is 7.86. The van der Waals surface area contributed by atoms with Crippen molar-refractivity contribution in [1.82, 2.24) is 15.1 Å². The second-order valence-electron chi connectivity index (χ2n) is 7.86. The van der Waals surface area contributed by atoms with E-state index in [-0.39, 0.29) is 29.5 Å². The van der Waals surface area contributed by atoms with Crippen molar-refractivity contribution in [2.24, 2.45) is 5.92 Å². The Morgan fingerprint density at radius 1 is 0.966 bits per heavy atom. The van der Waals surface area contributed by atoms with E-state index < -0.39 is 0 Å². The number of hydrogen-bond acceptors (Lipinski definition) is 3. The molecule has 0 bridgehead atoms. The van der Waals surface area contributed by atoms with Crippen molar-refractivity contribution in [3.8, 4) is 0 Å². The first-order valence-corrected chi connectivity index (χ1v) is 10.2. The van der Waals surface area contributed by atoms with Gasteiger partial charge in [0.25, 0.3) is 0 Å². The first-order valence-electron chi connectivity index (χ1n) is 10.2. The van der Waals surface area contributed by atoms with Crippen LogP contribution in [0, 0.1) is 11.7 Å². The van der Waals surface area contributed by atoms with Crippen LogP contribution in [-0.2, 0) is 16.1 Å². The van der Waals surface area contributed by atoms with Crippen molar-refractivity contribution in [3.63, 3.8) is 0 Å². The molecule has 2 fully saturated rings. The summed E-state index contributed by atoms with van der Waals surface area (Å²) in [4.78, 5) is 28.9. The van der Waals surface area contributed by atoms with Crippen LogP contribution in [0.2, 0.25) is 0 Å². The van der Waals surface area contributed by atoms with Crippen LogP contribution in [0.3, 0.4) is 0 Å². The molecular weight excluding hydrogens is 369 g/mol. The van der Waals surface area contributed by atoms with E-state index in [2.05, 4.69) is 10.2 Å². The van der Waals surface area contributed by atoms with Crippen LogP contribution in [0.25, 0.3) is 0 Å². The number of carbonyl (C=O) groups is 2. The molecule has 4 rings (SSSR count). The maximum atomic E-state index is 13.1. The molecule has 2 aromatic rings. The van der Waals surface area contributed by atoms with Gasteiger partial charge in [-0.05, 0) is 35.6 Å². The fourth-order valence-corrected chi connectivity index (χ4v) is 3.96. The van der Waals surface area contributed by atoms with E-state index in [1.165, 1.54) is 12.1 Å². The van der Waals surface area contributed by atoms with E-state index in [0.717, 1.165) is 17.5 Å². The molecule has 2 aromatic carbocycles. The lowest BCUT2D eigenvalue weighted by Gasteiger charge is -2.34. The Balaban J connectivity index is 1.19. The molecule has 152 valence electrons. The lowest BCUT2D eigenvalue weighted by molar-refractivity contribution is -0.134. The molecule has 29 heavy (non-hydrogen) atoms. The minimum absolute atomic E-state index is 0.00666. The van der Waals surface area contributed by atoms with Gasteiger partial charge in [-0.15, -0.1) is 0 Å². The zero-order valence-electron chi connectivity index (χ0n) is 16.4. The highest BCUT2D eigenvalue weighted by molar-refractivity contribution is 5.83. The molecule has 1 saturated heterocycles. The van der Waals surface area contributed by atoms with Crippen molar-refractivity contribution in [3.05, 3.63) is 71.5 Å². The van der Waals surface area contributed by atoms with Crippen LogP contribution in [0.1, 0.15) is 23.5 Å². The first-order chi connectivity index (χ1) is 14.1. The molecule has 2 aliphatic rings. The zero-order chi connectivity index (χ0) is 20.2. The summed E-state index contributed by atoms with van der Waals surface area (Å²) in [5, 5.41) is 2.95. The normalized spacial score (nSPS) is 21.6. The molecule has 5 nitrogen and oxygen atoms in total. The predicted octanol–water partition coefficient (Wildman–Crippen LogP) is 2.39. The van der Waals surface area contributed by atoms with Gasteiger partial charge in [-0.3, -0.25) is 14.5 Å². The smallest absolute Gasteiger partial charge is 0.234 e. The minimum atomic E-state index is -0.249. The van der Waals surface area contributed by atoms with Crippen LogP contribution in [0.15, 0.2) is 54.6 Å². The number of piperazine rings is 1. The maximum Gasteiger partial charge on any atom is 0.234 e. The molecule has 2 unspecified atom stereocenters. The maximum absolute atomic E-state index is 13.1. The Labute approximate surface area is 170 Å². The minimum Gasteiger partial charge on any atom is -0.351 e. The molecule has 2 atom stereocenters. The number of amides is 2. The SMILES string of the molecule is O=C(CN1CCN(C(=O)C2CC2c2ccc(F)cc2)CC1)NCc1ccccc1. The highest BCUT2D eigenvalue weighted by atomic mass is 19.1. The highest BCUT2D eigenvalue weighted by Crippen LogP contribution is 2.48. The number of halogens is 1. The molecule has 1 aliphatic carbocycles. The van der Waals surface area contributed by atoms with Gasteiger partial charge in [0.1, 0.15) is 5.82 Å². The van der Waals surface area contributed by atoms with Crippen molar-refractivity contribution in [1.29, 1.82) is 0 Å². The fourth-order valence-electron chi connectivity index (χ4n) is 3.96. The molecule has 0 spiro atoms. The largest absolute Gasteiger partial charge is 0.351 e. The van der Waals surface area contributed by atoms with Gasteiger partial charge in [0.15, 0.2) is 0 Å². The third kappa shape index (κ3) is 5.01. The van der Waals surface area contributed by atoms with E-state index in [4.69, 9.17) is 0 Å². The third-order valence-electron chi connectivity index (χ3n) is 5.79. The average molecular weight is 395 g/mol. The standard InChI is InChI=1S/C23H26FN3O2/c24-19-8-6-18(7-9-19)20-14-21(20)23(29)27-12-10-26(11-13-27)16-22(28)25-15-17-4-2-1-3-5-17/h1-9,20-21H,10-16H2,(H,25,28). The lowest BCUT2D eigenvalue weighted by atomic mass is 10.1. The lowest BCUT2D eigenvalue weighted by Crippen LogP contribution is -2.51. The molecule has 0 aromatic heterocycles. The summed E-state index contributed by atoms with van der Waals surface area (Å²) in [6.07, 6.45) is 0.840. The van der Waals surface area contributed by atoms with Crippen LogP contribution >= 0.6 is 0 Å². The monoisotopic (exact) mass is 395 g/mol. The van der Waals surface area contributed by atoms with E-state index >= 15 is 0 Å². The third-order valence-corrected chi connectivity index (χ3v) is 5.79. The number of nitrogens with zero attached hydrogens (tertiary/aromatic N) is 2. The Morgan fingerprint density at radius 3 is 2.34 bits per heavy atom. The summed E-state index contributed by atoms with van der Waals surface area (Å²) in [6.45, 7) is 3.60. The van der Waals surface area contributed by atoms with Crippen molar-refractivity contribution in [2.45, 2.75) is 18.9 Å². The number of rotatable bonds is 6. The predicted molar refractivity (Wildman–Crippen MR) is 109 cm³/mol. The highest BCUT2D eigenvalue weighted by Gasteiger charge is 2.46. The quantitative estimate of drug-likeness (QED) is 0.817. The Hall–Kier alpha value is -2.73.